The summed E-state index contributed by atoms with van der Waals surface area (Å²) in [6.07, 6.45) is 4.63. The quantitative estimate of drug-likeness (QED) is 0.613. The van der Waals surface area contributed by atoms with E-state index in [-0.39, 0.29) is 0 Å². The summed E-state index contributed by atoms with van der Waals surface area (Å²) in [6.45, 7) is 1.88. The van der Waals surface area contributed by atoms with E-state index in [0.29, 0.717) is 17.2 Å². The van der Waals surface area contributed by atoms with Crippen molar-refractivity contribution in [1.82, 2.24) is 29.7 Å². The van der Waals surface area contributed by atoms with Gasteiger partial charge < -0.3 is 10.7 Å². The van der Waals surface area contributed by atoms with Gasteiger partial charge in [-0.15, -0.1) is 0 Å². The average Bonchev–Trinajstić information content (AvgIpc) is 2.87. The lowest BCUT2D eigenvalue weighted by molar-refractivity contribution is 0.820. The van der Waals surface area contributed by atoms with E-state index in [1.807, 2.05) is 6.92 Å². The molecule has 3 aromatic heterocycles. The number of nitrogens with one attached hydrogen (secondary N) is 1. The Kier molecular flexibility index (Phi) is 1.67. The summed E-state index contributed by atoms with van der Waals surface area (Å²) in [7, 11) is 0. The molecule has 0 fully saturated rings. The standard InChI is InChI=1S/C9H9N7/c1-5-6(10)2-15-16(5)9-7-8(12-3-11-7)13-4-14-9/h2-4H,10H2,1H3,(H,11,12,13,14). The summed E-state index contributed by atoms with van der Waals surface area (Å²) in [5.74, 6) is 0.650. The van der Waals surface area contributed by atoms with Crippen LogP contribution in [0.15, 0.2) is 18.9 Å². The molecule has 0 spiro atoms. The molecule has 7 nitrogen and oxygen atoms in total. The normalized spacial score (nSPS) is 11.1. The lowest BCUT2D eigenvalue weighted by Crippen LogP contribution is -2.03. The highest BCUT2D eigenvalue weighted by atomic mass is 15.3. The van der Waals surface area contributed by atoms with Crippen molar-refractivity contribution in [2.24, 2.45) is 0 Å². The van der Waals surface area contributed by atoms with Crippen LogP contribution in [0.5, 0.6) is 0 Å². The topological polar surface area (TPSA) is 98.3 Å². The van der Waals surface area contributed by atoms with Gasteiger partial charge in [-0.2, -0.15) is 5.10 Å². The maximum absolute atomic E-state index is 5.74. The Morgan fingerprint density at radius 3 is 2.94 bits per heavy atom. The van der Waals surface area contributed by atoms with Crippen molar-refractivity contribution in [1.29, 1.82) is 0 Å². The molecule has 0 saturated carbocycles. The first-order valence-electron chi connectivity index (χ1n) is 4.72. The van der Waals surface area contributed by atoms with Crippen LogP contribution in [-0.4, -0.2) is 29.7 Å². The zero-order valence-electron chi connectivity index (χ0n) is 8.55. The average molecular weight is 215 g/mol. The Bertz CT molecular complexity index is 651. The van der Waals surface area contributed by atoms with Gasteiger partial charge in [0.15, 0.2) is 11.5 Å². The Labute approximate surface area is 90.4 Å². The number of H-pyrrole nitrogens is 1. The number of hydrogen-bond acceptors (Lipinski definition) is 5. The van der Waals surface area contributed by atoms with Gasteiger partial charge in [-0.1, -0.05) is 0 Å². The van der Waals surface area contributed by atoms with Crippen LogP contribution in [0.4, 0.5) is 5.69 Å². The number of imidazole rings is 1. The van der Waals surface area contributed by atoms with Crippen molar-refractivity contribution in [3.05, 3.63) is 24.5 Å². The molecule has 0 aliphatic carbocycles. The number of hydrogen-bond donors (Lipinski definition) is 2. The first-order chi connectivity index (χ1) is 7.77. The summed E-state index contributed by atoms with van der Waals surface area (Å²) in [6, 6.07) is 0. The second kappa shape index (κ2) is 3.02. The van der Waals surface area contributed by atoms with Crippen molar-refractivity contribution in [3.63, 3.8) is 0 Å². The van der Waals surface area contributed by atoms with E-state index in [2.05, 4.69) is 25.0 Å². The molecule has 0 aromatic carbocycles. The van der Waals surface area contributed by atoms with Crippen LogP contribution in [0.1, 0.15) is 5.69 Å². The van der Waals surface area contributed by atoms with E-state index in [9.17, 15) is 0 Å². The molecule has 0 unspecified atom stereocenters. The summed E-state index contributed by atoms with van der Waals surface area (Å²) in [4.78, 5) is 15.3. The SMILES string of the molecule is Cc1c(N)cnn1-c1ncnc2nc[nH]c12. The van der Waals surface area contributed by atoms with Gasteiger partial charge in [-0.25, -0.2) is 19.6 Å². The number of aromatic amines is 1. The monoisotopic (exact) mass is 215 g/mol. The highest BCUT2D eigenvalue weighted by Crippen LogP contribution is 2.18. The van der Waals surface area contributed by atoms with Crippen molar-refractivity contribution in [3.8, 4) is 5.82 Å². The highest BCUT2D eigenvalue weighted by molar-refractivity contribution is 5.77. The summed E-state index contributed by atoms with van der Waals surface area (Å²) in [5.41, 5.74) is 8.57. The first kappa shape index (κ1) is 8.84. The third-order valence-electron chi connectivity index (χ3n) is 2.45. The number of rotatable bonds is 1. The van der Waals surface area contributed by atoms with Crippen LogP contribution >= 0.6 is 0 Å². The van der Waals surface area contributed by atoms with Gasteiger partial charge in [0, 0.05) is 0 Å². The predicted octanol–water partition coefficient (Wildman–Crippen LogP) is 0.429. The number of aromatic nitrogens is 6. The minimum atomic E-state index is 0.610. The third-order valence-corrected chi connectivity index (χ3v) is 2.45. The Hall–Kier alpha value is -2.44. The van der Waals surface area contributed by atoms with Crippen LogP contribution in [0.3, 0.4) is 0 Å². The number of nitrogens with zero attached hydrogens (tertiary/aromatic N) is 5. The molecule has 3 heterocycles. The first-order valence-corrected chi connectivity index (χ1v) is 4.72. The van der Waals surface area contributed by atoms with Gasteiger partial charge >= 0.3 is 0 Å². The molecule has 0 atom stereocenters. The molecule has 3 N–H and O–H groups in total. The number of anilines is 1. The van der Waals surface area contributed by atoms with E-state index in [1.54, 1.807) is 17.2 Å². The Balaban J connectivity index is 2.33. The smallest absolute Gasteiger partial charge is 0.182 e. The van der Waals surface area contributed by atoms with Gasteiger partial charge in [0.25, 0.3) is 0 Å². The van der Waals surface area contributed by atoms with E-state index in [0.717, 1.165) is 11.2 Å². The highest BCUT2D eigenvalue weighted by Gasteiger charge is 2.11. The molecular formula is C9H9N7. The molecule has 80 valence electrons. The maximum atomic E-state index is 5.74. The van der Waals surface area contributed by atoms with Gasteiger partial charge in [0.05, 0.1) is 23.9 Å². The molecule has 0 aliphatic rings. The van der Waals surface area contributed by atoms with Crippen LogP contribution in [-0.2, 0) is 0 Å². The van der Waals surface area contributed by atoms with E-state index >= 15 is 0 Å². The molecule has 3 aromatic rings. The predicted molar refractivity (Wildman–Crippen MR) is 58.0 cm³/mol. The van der Waals surface area contributed by atoms with Gasteiger partial charge in [0.1, 0.15) is 11.8 Å². The number of nitrogens with two attached hydrogens (primary N) is 1. The molecular weight excluding hydrogens is 206 g/mol. The van der Waals surface area contributed by atoms with Crippen LogP contribution in [0, 0.1) is 6.92 Å². The van der Waals surface area contributed by atoms with Crippen LogP contribution in [0.25, 0.3) is 17.0 Å². The van der Waals surface area contributed by atoms with Crippen molar-refractivity contribution < 1.29 is 0 Å². The second-order valence-electron chi connectivity index (χ2n) is 3.40. The second-order valence-corrected chi connectivity index (χ2v) is 3.40. The van der Waals surface area contributed by atoms with Crippen molar-refractivity contribution in [2.75, 3.05) is 5.73 Å². The minimum absolute atomic E-state index is 0.610. The zero-order valence-corrected chi connectivity index (χ0v) is 8.55. The van der Waals surface area contributed by atoms with E-state index in [4.69, 9.17) is 5.73 Å². The number of nitrogen functional groups attached to an aromatic ring is 1. The zero-order chi connectivity index (χ0) is 11.1. The number of fused-ring (bicyclic) bond motifs is 1. The molecule has 16 heavy (non-hydrogen) atoms. The summed E-state index contributed by atoms with van der Waals surface area (Å²) >= 11 is 0. The summed E-state index contributed by atoms with van der Waals surface area (Å²) < 4.78 is 1.66. The van der Waals surface area contributed by atoms with Crippen LogP contribution in [0.2, 0.25) is 0 Å². The maximum Gasteiger partial charge on any atom is 0.182 e. The molecule has 3 rings (SSSR count). The molecule has 0 amide bonds. The van der Waals surface area contributed by atoms with Gasteiger partial charge in [-0.3, -0.25) is 0 Å². The fourth-order valence-electron chi connectivity index (χ4n) is 1.55. The van der Waals surface area contributed by atoms with Crippen molar-refractivity contribution >= 4 is 16.9 Å². The summed E-state index contributed by atoms with van der Waals surface area (Å²) in [5, 5.41) is 4.17. The van der Waals surface area contributed by atoms with Gasteiger partial charge in [0.2, 0.25) is 0 Å². The molecule has 0 radical (unpaired) electrons. The Morgan fingerprint density at radius 1 is 1.31 bits per heavy atom. The largest absolute Gasteiger partial charge is 0.396 e. The van der Waals surface area contributed by atoms with E-state index in [1.165, 1.54) is 6.33 Å². The minimum Gasteiger partial charge on any atom is -0.396 e. The lowest BCUT2D eigenvalue weighted by Gasteiger charge is -2.03. The van der Waals surface area contributed by atoms with Crippen LogP contribution < -0.4 is 5.73 Å². The fraction of sp³-hybridized carbons (Fsp3) is 0.111. The Morgan fingerprint density at radius 2 is 2.19 bits per heavy atom. The molecule has 0 aliphatic heterocycles. The van der Waals surface area contributed by atoms with E-state index < -0.39 is 0 Å². The molecule has 0 bridgehead atoms. The lowest BCUT2D eigenvalue weighted by atomic mass is 10.4. The fourth-order valence-corrected chi connectivity index (χ4v) is 1.55. The molecule has 7 heteroatoms. The van der Waals surface area contributed by atoms with Gasteiger partial charge in [-0.05, 0) is 6.92 Å². The molecule has 0 saturated heterocycles. The third kappa shape index (κ3) is 1.08. The van der Waals surface area contributed by atoms with Crippen molar-refractivity contribution in [2.45, 2.75) is 6.92 Å².